The van der Waals surface area contributed by atoms with Crippen LogP contribution in [0.15, 0.2) is 224 Å². The van der Waals surface area contributed by atoms with E-state index in [0.717, 1.165) is 29.2 Å². The Balaban J connectivity index is 0.901. The number of anilines is 3. The van der Waals surface area contributed by atoms with Gasteiger partial charge in [-0.25, -0.2) is 0 Å². The molecule has 3 heterocycles. The molecule has 0 radical (unpaired) electrons. The maximum atomic E-state index is 2.51. The van der Waals surface area contributed by atoms with Crippen LogP contribution >= 0.6 is 0 Å². The van der Waals surface area contributed by atoms with Crippen molar-refractivity contribution in [2.45, 2.75) is 6.42 Å². The summed E-state index contributed by atoms with van der Waals surface area (Å²) in [6, 6.07) is 82.8. The van der Waals surface area contributed by atoms with Gasteiger partial charge in [0.1, 0.15) is 0 Å². The number of fused-ring (bicyclic) bond motifs is 12. The Kier molecular flexibility index (Phi) is 7.46. The quantitative estimate of drug-likeness (QED) is 0.163. The van der Waals surface area contributed by atoms with Crippen molar-refractivity contribution in [1.82, 2.24) is 8.97 Å². The van der Waals surface area contributed by atoms with Gasteiger partial charge in [-0.1, -0.05) is 164 Å². The average Bonchev–Trinajstić information content (AvgIpc) is 4.10. The summed E-state index contributed by atoms with van der Waals surface area (Å²) < 4.78 is 4.92. The summed E-state index contributed by atoms with van der Waals surface area (Å²) in [5, 5.41) is 7.73. The summed E-state index contributed by atoms with van der Waals surface area (Å²) in [7, 11) is 0. The first-order valence-corrected chi connectivity index (χ1v) is 22.2. The lowest BCUT2D eigenvalue weighted by molar-refractivity contribution is 1.18. The maximum absolute atomic E-state index is 2.51. The Morgan fingerprint density at radius 1 is 0.312 bits per heavy atom. The zero-order valence-corrected chi connectivity index (χ0v) is 34.9. The van der Waals surface area contributed by atoms with Gasteiger partial charge in [0.05, 0.1) is 27.6 Å². The molecule has 13 aromatic rings. The molecule has 1 aliphatic carbocycles. The third-order valence-corrected chi connectivity index (χ3v) is 13.8. The van der Waals surface area contributed by atoms with Gasteiger partial charge >= 0.3 is 0 Å². The lowest BCUT2D eigenvalue weighted by atomic mass is 9.97. The number of hydrogen-bond donors (Lipinski definition) is 0. The number of hydrogen-bond acceptors (Lipinski definition) is 1. The van der Waals surface area contributed by atoms with Gasteiger partial charge in [0.25, 0.3) is 0 Å². The second-order valence-electron chi connectivity index (χ2n) is 17.3. The van der Waals surface area contributed by atoms with E-state index in [-0.39, 0.29) is 0 Å². The molecular formula is C61H39N3. The minimum absolute atomic E-state index is 0.875. The second kappa shape index (κ2) is 13.5. The van der Waals surface area contributed by atoms with Gasteiger partial charge < -0.3 is 13.9 Å². The van der Waals surface area contributed by atoms with E-state index in [1.165, 1.54) is 104 Å². The van der Waals surface area contributed by atoms with Crippen molar-refractivity contribution in [2.24, 2.45) is 0 Å². The van der Waals surface area contributed by atoms with Crippen molar-refractivity contribution in [1.29, 1.82) is 0 Å². The predicted octanol–water partition coefficient (Wildman–Crippen LogP) is 16.3. The minimum atomic E-state index is 0.875. The van der Waals surface area contributed by atoms with Crippen molar-refractivity contribution in [3.8, 4) is 39.1 Å². The van der Waals surface area contributed by atoms with E-state index in [9.17, 15) is 0 Å². The van der Waals surface area contributed by atoms with Crippen LogP contribution < -0.4 is 4.90 Å². The van der Waals surface area contributed by atoms with Gasteiger partial charge in [0.2, 0.25) is 0 Å². The Bertz CT molecular complexity index is 3970. The van der Waals surface area contributed by atoms with Crippen molar-refractivity contribution in [3.05, 3.63) is 236 Å². The predicted molar refractivity (Wildman–Crippen MR) is 269 cm³/mol. The van der Waals surface area contributed by atoms with Gasteiger partial charge in [-0.15, -0.1) is 0 Å². The largest absolute Gasteiger partial charge is 0.310 e. The summed E-state index contributed by atoms with van der Waals surface area (Å²) in [6.45, 7) is 0. The van der Waals surface area contributed by atoms with E-state index in [0.29, 0.717) is 0 Å². The minimum Gasteiger partial charge on any atom is -0.310 e. The number of nitrogens with zero attached hydrogens (tertiary/aromatic N) is 3. The summed E-state index contributed by atoms with van der Waals surface area (Å²) in [4.78, 5) is 2.43. The van der Waals surface area contributed by atoms with E-state index in [1.54, 1.807) is 0 Å². The van der Waals surface area contributed by atoms with Crippen molar-refractivity contribution >= 4 is 77.0 Å². The van der Waals surface area contributed by atoms with E-state index in [1.807, 2.05) is 0 Å². The fourth-order valence-electron chi connectivity index (χ4n) is 11.0. The molecule has 0 N–H and O–H groups in total. The summed E-state index contributed by atoms with van der Waals surface area (Å²) >= 11 is 0. The van der Waals surface area contributed by atoms with E-state index < -0.39 is 0 Å². The second-order valence-corrected chi connectivity index (χ2v) is 17.3. The Labute approximate surface area is 370 Å². The standard InChI is InChI=1S/C61H39N3/c1-3-13-39(14-4-1)40-25-28-45(29-26-40)62(47-31-34-53-51-17-7-9-23-57(51)63(59(53)38-47)44-15-5-2-6-16-44)46-30-33-49-43(37-46)36-42-35-41(27-32-48(42)49)50-19-11-21-55-56-22-12-20-54-52-18-8-10-24-58(52)64(60(50)55)61(54)56/h1-35,37-38H,36H2. The molecule has 0 atom stereocenters. The van der Waals surface area contributed by atoms with Gasteiger partial charge in [0.15, 0.2) is 0 Å². The van der Waals surface area contributed by atoms with Crippen LogP contribution in [0.4, 0.5) is 17.1 Å². The Morgan fingerprint density at radius 3 is 1.64 bits per heavy atom. The van der Waals surface area contributed by atoms with Crippen LogP contribution in [0, 0.1) is 0 Å². The molecule has 1 aliphatic rings. The lowest BCUT2D eigenvalue weighted by Gasteiger charge is -2.26. The van der Waals surface area contributed by atoms with E-state index >= 15 is 0 Å². The van der Waals surface area contributed by atoms with Gasteiger partial charge in [-0.05, 0) is 106 Å². The summed E-state index contributed by atoms with van der Waals surface area (Å²) in [5.41, 5.74) is 21.0. The molecule has 0 saturated carbocycles. The number of benzene rings is 10. The normalized spacial score (nSPS) is 12.3. The Hall–Kier alpha value is -8.40. The Morgan fingerprint density at radius 2 is 0.844 bits per heavy atom. The summed E-state index contributed by atoms with van der Waals surface area (Å²) in [6.07, 6.45) is 0.875. The molecule has 0 bridgehead atoms. The average molecular weight is 814 g/mol. The van der Waals surface area contributed by atoms with Crippen molar-refractivity contribution < 1.29 is 0 Å². The van der Waals surface area contributed by atoms with E-state index in [4.69, 9.17) is 0 Å². The van der Waals surface area contributed by atoms with Crippen LogP contribution in [0.2, 0.25) is 0 Å². The number of aromatic nitrogens is 2. The van der Waals surface area contributed by atoms with Gasteiger partial charge in [-0.3, -0.25) is 0 Å². The molecule has 0 aliphatic heterocycles. The molecule has 14 rings (SSSR count). The summed E-state index contributed by atoms with van der Waals surface area (Å²) in [5.74, 6) is 0. The third kappa shape index (κ3) is 5.10. The first-order valence-electron chi connectivity index (χ1n) is 22.2. The maximum Gasteiger partial charge on any atom is 0.0620 e. The zero-order chi connectivity index (χ0) is 41.9. The third-order valence-electron chi connectivity index (χ3n) is 13.8. The van der Waals surface area contributed by atoms with Gasteiger partial charge in [-0.2, -0.15) is 0 Å². The highest BCUT2D eigenvalue weighted by Gasteiger charge is 2.25. The van der Waals surface area contributed by atoms with Gasteiger partial charge in [0, 0.05) is 60.6 Å². The molecule has 0 amide bonds. The van der Waals surface area contributed by atoms with Crippen molar-refractivity contribution in [3.63, 3.8) is 0 Å². The molecule has 3 nitrogen and oxygen atoms in total. The molecule has 10 aromatic carbocycles. The smallest absolute Gasteiger partial charge is 0.0620 e. The van der Waals surface area contributed by atoms with Crippen LogP contribution in [-0.2, 0) is 6.42 Å². The van der Waals surface area contributed by atoms with E-state index in [2.05, 4.69) is 238 Å². The van der Waals surface area contributed by atoms with Crippen molar-refractivity contribution in [2.75, 3.05) is 4.90 Å². The first-order chi connectivity index (χ1) is 31.7. The lowest BCUT2D eigenvalue weighted by Crippen LogP contribution is -2.10. The zero-order valence-electron chi connectivity index (χ0n) is 34.9. The van der Waals surface area contributed by atoms with Crippen LogP contribution in [0.3, 0.4) is 0 Å². The monoisotopic (exact) mass is 813 g/mol. The molecule has 0 unspecified atom stereocenters. The highest BCUT2D eigenvalue weighted by atomic mass is 15.1. The van der Waals surface area contributed by atoms with Crippen LogP contribution in [-0.4, -0.2) is 8.97 Å². The fraction of sp³-hybridized carbons (Fsp3) is 0.0164. The number of para-hydroxylation sites is 5. The fourth-order valence-corrected chi connectivity index (χ4v) is 11.0. The number of rotatable bonds is 6. The molecule has 0 spiro atoms. The first kappa shape index (κ1) is 35.2. The highest BCUT2D eigenvalue weighted by molar-refractivity contribution is 6.25. The molecule has 3 heteroatoms. The molecule has 298 valence electrons. The SMILES string of the molecule is c1ccc(-c2ccc(N(c3ccc4c(c3)Cc3cc(-c5cccc6c7cccc8c9ccccc9n(c56)c87)ccc3-4)c3ccc4c5ccccc5n(-c5ccccc5)c4c3)cc2)cc1. The van der Waals surface area contributed by atoms with Crippen LogP contribution in [0.5, 0.6) is 0 Å². The molecule has 3 aromatic heterocycles. The molecular weight excluding hydrogens is 775 g/mol. The van der Waals surface area contributed by atoms with Crippen LogP contribution in [0.25, 0.3) is 99.0 Å². The molecule has 64 heavy (non-hydrogen) atoms. The molecule has 0 fully saturated rings. The molecule has 0 saturated heterocycles. The topological polar surface area (TPSA) is 12.6 Å². The highest BCUT2D eigenvalue weighted by Crippen LogP contribution is 2.47. The van der Waals surface area contributed by atoms with Crippen LogP contribution in [0.1, 0.15) is 11.1 Å².